The second kappa shape index (κ2) is 7.23. The van der Waals surface area contributed by atoms with E-state index in [2.05, 4.69) is 15.6 Å². The van der Waals surface area contributed by atoms with Crippen molar-refractivity contribution in [1.82, 2.24) is 10.3 Å². The van der Waals surface area contributed by atoms with Crippen molar-refractivity contribution in [3.8, 4) is 11.1 Å². The third kappa shape index (κ3) is 3.99. The molecule has 1 saturated carbocycles. The first-order chi connectivity index (χ1) is 12.3. The quantitative estimate of drug-likeness (QED) is 0.891. The molecule has 4 rings (SSSR count). The van der Waals surface area contributed by atoms with Crippen LogP contribution in [0.2, 0.25) is 0 Å². The molecule has 130 valence electrons. The fourth-order valence-electron chi connectivity index (χ4n) is 3.47. The summed E-state index contributed by atoms with van der Waals surface area (Å²) in [6.07, 6.45) is 8.17. The average molecular weight is 337 g/mol. The molecule has 0 radical (unpaired) electrons. The molecule has 2 N–H and O–H groups in total. The molecule has 1 aliphatic carbocycles. The monoisotopic (exact) mass is 337 g/mol. The van der Waals surface area contributed by atoms with Gasteiger partial charge in [-0.1, -0.05) is 18.2 Å². The molecular weight excluding hydrogens is 314 g/mol. The van der Waals surface area contributed by atoms with Gasteiger partial charge in [0.15, 0.2) is 0 Å². The van der Waals surface area contributed by atoms with Gasteiger partial charge >= 0.3 is 6.03 Å². The first kappa shape index (κ1) is 16.1. The minimum absolute atomic E-state index is 0.150. The molecule has 5 heteroatoms. The molecule has 0 unspecified atom stereocenters. The highest BCUT2D eigenvalue weighted by molar-refractivity contribution is 5.94. The van der Waals surface area contributed by atoms with Crippen molar-refractivity contribution in [3.63, 3.8) is 0 Å². The highest BCUT2D eigenvalue weighted by Crippen LogP contribution is 2.38. The Labute approximate surface area is 147 Å². The number of hydrogen-bond donors (Lipinski definition) is 2. The van der Waals surface area contributed by atoms with Crippen LogP contribution in [0.1, 0.15) is 25.7 Å². The van der Waals surface area contributed by atoms with Gasteiger partial charge < -0.3 is 15.4 Å². The molecular formula is C20H23N3O2. The van der Waals surface area contributed by atoms with Crippen molar-refractivity contribution in [2.24, 2.45) is 5.92 Å². The number of benzene rings is 1. The van der Waals surface area contributed by atoms with E-state index in [9.17, 15) is 4.79 Å². The summed E-state index contributed by atoms with van der Waals surface area (Å²) in [6.45, 7) is 0.736. The Balaban J connectivity index is 1.41. The van der Waals surface area contributed by atoms with Crippen LogP contribution < -0.4 is 10.6 Å². The standard InChI is InChI=1S/C20H23N3O2/c24-20(22-16-9-12-25-19(13-16)15-5-6-15)23-18-4-2-1-3-17(18)14-7-10-21-11-8-14/h1-4,7-8,10-11,15-16,19H,5-6,9,12-13H2,(H2,22,23,24)/t16-,19-/m1/s1. The Morgan fingerprint density at radius 1 is 1.08 bits per heavy atom. The second-order valence-corrected chi connectivity index (χ2v) is 6.85. The van der Waals surface area contributed by atoms with E-state index < -0.39 is 0 Å². The first-order valence-corrected chi connectivity index (χ1v) is 8.98. The molecule has 2 aromatic rings. The fourth-order valence-corrected chi connectivity index (χ4v) is 3.47. The number of para-hydroxylation sites is 1. The summed E-state index contributed by atoms with van der Waals surface area (Å²) in [4.78, 5) is 16.5. The highest BCUT2D eigenvalue weighted by atomic mass is 16.5. The van der Waals surface area contributed by atoms with Crippen LogP contribution in [0.4, 0.5) is 10.5 Å². The number of ether oxygens (including phenoxy) is 1. The lowest BCUT2D eigenvalue weighted by molar-refractivity contribution is -0.00889. The van der Waals surface area contributed by atoms with Gasteiger partial charge in [0.1, 0.15) is 0 Å². The van der Waals surface area contributed by atoms with E-state index in [0.29, 0.717) is 12.0 Å². The Morgan fingerprint density at radius 3 is 2.68 bits per heavy atom. The summed E-state index contributed by atoms with van der Waals surface area (Å²) < 4.78 is 5.83. The van der Waals surface area contributed by atoms with Crippen LogP contribution in [-0.4, -0.2) is 29.8 Å². The second-order valence-electron chi connectivity index (χ2n) is 6.85. The summed E-state index contributed by atoms with van der Waals surface area (Å²) in [5.41, 5.74) is 2.82. The average Bonchev–Trinajstić information content (AvgIpc) is 3.48. The number of nitrogens with zero attached hydrogens (tertiary/aromatic N) is 1. The molecule has 2 fully saturated rings. The number of pyridine rings is 1. The van der Waals surface area contributed by atoms with E-state index in [4.69, 9.17) is 4.74 Å². The van der Waals surface area contributed by atoms with Crippen molar-refractivity contribution in [2.45, 2.75) is 37.8 Å². The lowest BCUT2D eigenvalue weighted by Gasteiger charge is -2.30. The predicted octanol–water partition coefficient (Wildman–Crippen LogP) is 3.83. The lowest BCUT2D eigenvalue weighted by atomic mass is 10.0. The maximum atomic E-state index is 12.5. The third-order valence-electron chi connectivity index (χ3n) is 4.96. The van der Waals surface area contributed by atoms with Crippen LogP contribution in [0.25, 0.3) is 11.1 Å². The number of aromatic nitrogens is 1. The number of amides is 2. The summed E-state index contributed by atoms with van der Waals surface area (Å²) in [5, 5.41) is 6.12. The molecule has 2 aliphatic rings. The third-order valence-corrected chi connectivity index (χ3v) is 4.96. The summed E-state index contributed by atoms with van der Waals surface area (Å²) in [5.74, 6) is 0.708. The van der Waals surface area contributed by atoms with Gasteiger partial charge in [0, 0.05) is 30.6 Å². The van der Waals surface area contributed by atoms with Crippen molar-refractivity contribution in [1.29, 1.82) is 0 Å². The Kier molecular flexibility index (Phi) is 4.65. The molecule has 0 spiro atoms. The van der Waals surface area contributed by atoms with Crippen molar-refractivity contribution in [2.75, 3.05) is 11.9 Å². The number of carbonyl (C=O) groups is 1. The number of anilines is 1. The van der Waals surface area contributed by atoms with Gasteiger partial charge in [-0.15, -0.1) is 0 Å². The summed E-state index contributed by atoms with van der Waals surface area (Å²) >= 11 is 0. The van der Waals surface area contributed by atoms with Crippen LogP contribution in [0.15, 0.2) is 48.8 Å². The smallest absolute Gasteiger partial charge is 0.319 e. The molecule has 25 heavy (non-hydrogen) atoms. The zero-order chi connectivity index (χ0) is 17.1. The van der Waals surface area contributed by atoms with E-state index in [-0.39, 0.29) is 12.1 Å². The maximum Gasteiger partial charge on any atom is 0.319 e. The predicted molar refractivity (Wildman–Crippen MR) is 97.3 cm³/mol. The van der Waals surface area contributed by atoms with Gasteiger partial charge in [0.05, 0.1) is 11.8 Å². The molecule has 5 nitrogen and oxygen atoms in total. The zero-order valence-electron chi connectivity index (χ0n) is 14.2. The summed E-state index contributed by atoms with van der Waals surface area (Å²) in [7, 11) is 0. The van der Waals surface area contributed by atoms with Crippen molar-refractivity contribution >= 4 is 11.7 Å². The Hall–Kier alpha value is -2.40. The van der Waals surface area contributed by atoms with Gasteiger partial charge in [-0.25, -0.2) is 4.79 Å². The minimum Gasteiger partial charge on any atom is -0.378 e. The number of hydrogen-bond acceptors (Lipinski definition) is 3. The van der Waals surface area contributed by atoms with Gasteiger partial charge in [0.25, 0.3) is 0 Å². The largest absolute Gasteiger partial charge is 0.378 e. The van der Waals surface area contributed by atoms with Crippen molar-refractivity contribution < 1.29 is 9.53 Å². The number of nitrogens with one attached hydrogen (secondary N) is 2. The Morgan fingerprint density at radius 2 is 1.88 bits per heavy atom. The maximum absolute atomic E-state index is 12.5. The fraction of sp³-hybridized carbons (Fsp3) is 0.400. The Bertz CT molecular complexity index is 731. The first-order valence-electron chi connectivity index (χ1n) is 8.98. The SMILES string of the molecule is O=C(Nc1ccccc1-c1ccncc1)N[C@@H]1CCO[C@@H](C2CC2)C1. The molecule has 1 aliphatic heterocycles. The van der Waals surface area contributed by atoms with Crippen LogP contribution in [0.5, 0.6) is 0 Å². The number of carbonyl (C=O) groups excluding carboxylic acids is 1. The van der Waals surface area contributed by atoms with Crippen molar-refractivity contribution in [3.05, 3.63) is 48.8 Å². The zero-order valence-corrected chi connectivity index (χ0v) is 14.2. The van der Waals surface area contributed by atoms with Gasteiger partial charge in [-0.3, -0.25) is 4.98 Å². The molecule has 2 amide bonds. The minimum atomic E-state index is -0.150. The van der Waals surface area contributed by atoms with E-state index in [0.717, 1.165) is 36.3 Å². The summed E-state index contributed by atoms with van der Waals surface area (Å²) in [6, 6.07) is 11.7. The molecule has 2 heterocycles. The van der Waals surface area contributed by atoms with Gasteiger partial charge in [0.2, 0.25) is 0 Å². The molecule has 1 aromatic carbocycles. The van der Waals surface area contributed by atoms with E-state index in [1.165, 1.54) is 12.8 Å². The lowest BCUT2D eigenvalue weighted by Crippen LogP contribution is -2.44. The van der Waals surface area contributed by atoms with Crippen LogP contribution in [-0.2, 0) is 4.74 Å². The molecule has 0 bridgehead atoms. The molecule has 1 aromatic heterocycles. The van der Waals surface area contributed by atoms with Gasteiger partial charge in [-0.2, -0.15) is 0 Å². The van der Waals surface area contributed by atoms with E-state index in [1.54, 1.807) is 12.4 Å². The molecule has 2 atom stereocenters. The topological polar surface area (TPSA) is 63.2 Å². The van der Waals surface area contributed by atoms with Gasteiger partial charge in [-0.05, 0) is 55.4 Å². The number of urea groups is 1. The van der Waals surface area contributed by atoms with E-state index >= 15 is 0 Å². The normalized spacial score (nSPS) is 23.0. The van der Waals surface area contributed by atoms with Crippen LogP contribution >= 0.6 is 0 Å². The van der Waals surface area contributed by atoms with E-state index in [1.807, 2.05) is 36.4 Å². The number of rotatable bonds is 4. The molecule has 1 saturated heterocycles. The van der Waals surface area contributed by atoms with Crippen LogP contribution in [0.3, 0.4) is 0 Å². The van der Waals surface area contributed by atoms with Crippen LogP contribution in [0, 0.1) is 5.92 Å². The highest BCUT2D eigenvalue weighted by Gasteiger charge is 2.36.